The number of carbonyl (C=O) groups excluding carboxylic acids is 4. The number of aliphatic hydroxyl groups is 5. The summed E-state index contributed by atoms with van der Waals surface area (Å²) in [4.78, 5) is 54.5. The Kier molecular flexibility index (Phi) is 10.1. The predicted octanol–water partition coefficient (Wildman–Crippen LogP) is 1.45. The number of ketones is 1. The lowest BCUT2D eigenvalue weighted by molar-refractivity contribution is -0.345. The molecule has 11 atom stereocenters. The first-order valence-electron chi connectivity index (χ1n) is 17.7. The highest BCUT2D eigenvalue weighted by atomic mass is 19.1. The van der Waals surface area contributed by atoms with Crippen molar-refractivity contribution in [1.82, 2.24) is 5.32 Å². The van der Waals surface area contributed by atoms with E-state index in [0.29, 0.717) is 5.75 Å². The number of ether oxygens (including phenoxy) is 4. The molecule has 2 aromatic rings. The number of carbonyl (C=O) groups is 4. The van der Waals surface area contributed by atoms with Crippen LogP contribution < -0.4 is 10.1 Å². The highest BCUT2D eigenvalue weighted by Gasteiger charge is 2.76. The molecule has 14 nitrogen and oxygen atoms in total. The smallest absolute Gasteiger partial charge is 0.338 e. The zero-order chi connectivity index (χ0) is 39.7. The number of halogens is 1. The maximum absolute atomic E-state index is 14.5. The monoisotopic (exact) mass is 755 g/mol. The van der Waals surface area contributed by atoms with E-state index in [2.05, 4.69) is 5.32 Å². The largest absolute Gasteiger partial charge is 0.497 e. The van der Waals surface area contributed by atoms with Gasteiger partial charge in [0.15, 0.2) is 11.9 Å². The van der Waals surface area contributed by atoms with E-state index in [4.69, 9.17) is 18.9 Å². The van der Waals surface area contributed by atoms with E-state index in [1.165, 1.54) is 71.2 Å². The summed E-state index contributed by atoms with van der Waals surface area (Å²) in [6.45, 7) is 6.63. The molecular formula is C39H46FNO13. The van der Waals surface area contributed by atoms with Crippen LogP contribution in [0.2, 0.25) is 0 Å². The molecule has 292 valence electrons. The molecule has 0 spiro atoms. The maximum Gasteiger partial charge on any atom is 0.338 e. The molecule has 3 fully saturated rings. The Morgan fingerprint density at radius 3 is 2.19 bits per heavy atom. The Morgan fingerprint density at radius 1 is 1.00 bits per heavy atom. The first-order valence-corrected chi connectivity index (χ1v) is 17.7. The molecule has 0 radical (unpaired) electrons. The van der Waals surface area contributed by atoms with Crippen molar-refractivity contribution in [3.05, 3.63) is 76.6 Å². The number of aliphatic hydroxyl groups excluding tert-OH is 3. The third kappa shape index (κ3) is 6.01. The Labute approximate surface area is 310 Å². The molecule has 15 heteroatoms. The van der Waals surface area contributed by atoms with Gasteiger partial charge in [-0.1, -0.05) is 26.0 Å². The van der Waals surface area contributed by atoms with Crippen LogP contribution in [0.15, 0.2) is 59.7 Å². The molecule has 1 heterocycles. The maximum atomic E-state index is 14.5. The molecule has 6 rings (SSSR count). The average Bonchev–Trinajstić information content (AvgIpc) is 3.12. The van der Waals surface area contributed by atoms with E-state index < -0.39 is 106 Å². The van der Waals surface area contributed by atoms with Crippen LogP contribution in [-0.2, 0) is 28.6 Å². The molecule has 1 saturated heterocycles. The summed E-state index contributed by atoms with van der Waals surface area (Å²) in [5, 5.41) is 62.4. The van der Waals surface area contributed by atoms with Gasteiger partial charge in [0.05, 0.1) is 37.4 Å². The van der Waals surface area contributed by atoms with Crippen molar-refractivity contribution < 1.29 is 68.0 Å². The molecule has 2 saturated carbocycles. The van der Waals surface area contributed by atoms with Crippen LogP contribution in [0.3, 0.4) is 0 Å². The zero-order valence-electron chi connectivity index (χ0n) is 30.7. The second-order valence-electron chi connectivity index (χ2n) is 15.6. The van der Waals surface area contributed by atoms with Gasteiger partial charge in [0, 0.05) is 36.7 Å². The van der Waals surface area contributed by atoms with Gasteiger partial charge in [0.1, 0.15) is 41.1 Å². The summed E-state index contributed by atoms with van der Waals surface area (Å²) in [6, 6.07) is 9.21. The first kappa shape index (κ1) is 39.4. The molecule has 54 heavy (non-hydrogen) atoms. The zero-order valence-corrected chi connectivity index (χ0v) is 30.7. The van der Waals surface area contributed by atoms with Crippen LogP contribution in [-0.4, -0.2) is 111 Å². The molecule has 2 aromatic carbocycles. The van der Waals surface area contributed by atoms with Gasteiger partial charge < -0.3 is 49.8 Å². The summed E-state index contributed by atoms with van der Waals surface area (Å²) >= 11 is 0. The van der Waals surface area contributed by atoms with Crippen molar-refractivity contribution >= 4 is 23.6 Å². The minimum Gasteiger partial charge on any atom is -0.497 e. The summed E-state index contributed by atoms with van der Waals surface area (Å²) in [7, 11) is 1.45. The van der Waals surface area contributed by atoms with Gasteiger partial charge >= 0.3 is 11.9 Å². The average molecular weight is 756 g/mol. The fourth-order valence-corrected chi connectivity index (χ4v) is 9.13. The third-order valence-electron chi connectivity index (χ3n) is 12.4. The molecule has 3 aliphatic carbocycles. The number of hydrogen-bond donors (Lipinski definition) is 6. The fourth-order valence-electron chi connectivity index (χ4n) is 9.13. The first-order chi connectivity index (χ1) is 25.2. The Hall–Kier alpha value is -4.25. The van der Waals surface area contributed by atoms with Gasteiger partial charge in [-0.25, -0.2) is 9.18 Å². The van der Waals surface area contributed by atoms with Crippen LogP contribution >= 0.6 is 0 Å². The lowest BCUT2D eigenvalue weighted by Gasteiger charge is -2.66. The number of hydrogen-bond acceptors (Lipinski definition) is 13. The van der Waals surface area contributed by atoms with Gasteiger partial charge in [0.25, 0.3) is 5.91 Å². The lowest BCUT2D eigenvalue weighted by Crippen LogP contribution is -2.81. The van der Waals surface area contributed by atoms with E-state index in [9.17, 15) is 49.1 Å². The number of Topliss-reactive ketones (excluding diaryl/α,β-unsaturated/α-hetero) is 1. The molecule has 4 aliphatic rings. The van der Waals surface area contributed by atoms with E-state index in [1.807, 2.05) is 0 Å². The van der Waals surface area contributed by atoms with E-state index in [1.54, 1.807) is 0 Å². The summed E-state index contributed by atoms with van der Waals surface area (Å²) in [6.07, 6.45) is -10.5. The Bertz CT molecular complexity index is 1860. The van der Waals surface area contributed by atoms with Crippen LogP contribution in [0.25, 0.3) is 0 Å². The lowest BCUT2D eigenvalue weighted by atomic mass is 9.45. The van der Waals surface area contributed by atoms with Crippen molar-refractivity contribution in [2.24, 2.45) is 16.7 Å². The van der Waals surface area contributed by atoms with Crippen molar-refractivity contribution in [2.45, 2.75) is 101 Å². The Morgan fingerprint density at radius 2 is 1.63 bits per heavy atom. The molecule has 1 amide bonds. The second kappa shape index (κ2) is 13.8. The predicted molar refractivity (Wildman–Crippen MR) is 185 cm³/mol. The molecule has 1 unspecified atom stereocenters. The second-order valence-corrected chi connectivity index (χ2v) is 15.6. The SMILES string of the molecule is COc1ccc(C(=O)N[C@@H](c2ccc(F)cc2)[C@@H](O)C(=O)OC2C[C@@]3(O)[C@@H](OC(C)=O)[C@@H]4[C@]5(O)CO[C@@H]5C[C@H](O)[C@@]4(C)C(=O)[C@H](O)C(=C2C)C3(C)C)cc1. The summed E-state index contributed by atoms with van der Waals surface area (Å²) in [5.74, 6) is -5.43. The number of esters is 2. The standard InChI is InChI=1S/C39H46FNO13/c1-18-24(54-35(48)30(45)28(20-7-11-22(40)12-8-20)41-34(47)21-9-13-23(51-6)14-10-21)16-39(50)33(53-19(2)42)31-37(5,25(43)15-26-38(31,49)17-52-26)32(46)29(44)27(18)36(39,3)4/h7-14,24-26,28-31,33,43-45,49-50H,15-17H2,1-6H3,(H,41,47)/t24?,25-,26+,28-,29+,30+,31-,33-,37+,38-,39+/m0/s1. The van der Waals surface area contributed by atoms with E-state index in [-0.39, 0.29) is 35.3 Å². The Balaban J connectivity index is 1.40. The minimum absolute atomic E-state index is 0.0700. The normalized spacial score (nSPS) is 35.1. The number of fused-ring (bicyclic) bond motifs is 5. The van der Waals surface area contributed by atoms with Crippen molar-refractivity contribution in [3.63, 3.8) is 0 Å². The van der Waals surface area contributed by atoms with Crippen molar-refractivity contribution in [1.29, 1.82) is 0 Å². The quantitative estimate of drug-likeness (QED) is 0.166. The molecule has 6 N–H and O–H groups in total. The molecule has 1 aliphatic heterocycles. The summed E-state index contributed by atoms with van der Waals surface area (Å²) in [5.41, 5.74) is -7.34. The molecule has 0 aromatic heterocycles. The van der Waals surface area contributed by atoms with Crippen molar-refractivity contribution in [3.8, 4) is 5.75 Å². The molecular weight excluding hydrogens is 709 g/mol. The van der Waals surface area contributed by atoms with E-state index >= 15 is 0 Å². The third-order valence-corrected chi connectivity index (χ3v) is 12.4. The number of rotatable bonds is 8. The number of nitrogens with one attached hydrogen (secondary N) is 1. The van der Waals surface area contributed by atoms with Crippen LogP contribution in [0.5, 0.6) is 5.75 Å². The topological polar surface area (TPSA) is 218 Å². The van der Waals surface area contributed by atoms with Gasteiger partial charge in [-0.2, -0.15) is 0 Å². The minimum atomic E-state index is -2.29. The van der Waals surface area contributed by atoms with Gasteiger partial charge in [0.2, 0.25) is 0 Å². The number of methoxy groups -OCH3 is 1. The van der Waals surface area contributed by atoms with Gasteiger partial charge in [-0.3, -0.25) is 14.4 Å². The van der Waals surface area contributed by atoms with Crippen molar-refractivity contribution in [2.75, 3.05) is 13.7 Å². The number of amides is 1. The summed E-state index contributed by atoms with van der Waals surface area (Å²) < 4.78 is 36.3. The molecule has 2 bridgehead atoms. The van der Waals surface area contributed by atoms with Gasteiger partial charge in [-0.15, -0.1) is 0 Å². The highest BCUT2D eigenvalue weighted by molar-refractivity contribution is 5.95. The highest BCUT2D eigenvalue weighted by Crippen LogP contribution is 2.63. The number of benzene rings is 2. The fraction of sp³-hybridized carbons (Fsp3) is 0.538. The van der Waals surface area contributed by atoms with E-state index in [0.717, 1.165) is 19.1 Å². The van der Waals surface area contributed by atoms with Crippen LogP contribution in [0, 0.1) is 22.6 Å². The van der Waals surface area contributed by atoms with Crippen LogP contribution in [0.1, 0.15) is 69.4 Å². The van der Waals surface area contributed by atoms with Crippen LogP contribution in [0.4, 0.5) is 4.39 Å². The van der Waals surface area contributed by atoms with Gasteiger partial charge in [-0.05, 0) is 67.0 Å².